The fraction of sp³-hybridized carbons (Fsp3) is 0.600. The number of aliphatic hydroxyl groups excluding tert-OH is 1. The first kappa shape index (κ1) is 12.2. The number of hydrogen-bond acceptors (Lipinski definition) is 3. The Labute approximate surface area is 108 Å². The molecule has 1 aromatic rings. The number of likely N-dealkylation sites (tertiary alicyclic amines) is 1. The third kappa shape index (κ3) is 2.44. The van der Waals surface area contributed by atoms with E-state index in [0.29, 0.717) is 5.41 Å². The molecule has 2 saturated heterocycles. The van der Waals surface area contributed by atoms with Crippen molar-refractivity contribution in [3.8, 4) is 0 Å². The lowest BCUT2D eigenvalue weighted by Gasteiger charge is -2.23. The van der Waals surface area contributed by atoms with Gasteiger partial charge in [0.1, 0.15) is 0 Å². The quantitative estimate of drug-likeness (QED) is 0.884. The van der Waals surface area contributed by atoms with Crippen LogP contribution in [0.5, 0.6) is 0 Å². The van der Waals surface area contributed by atoms with Gasteiger partial charge in [0.25, 0.3) is 0 Å². The molecule has 0 aliphatic carbocycles. The van der Waals surface area contributed by atoms with Crippen LogP contribution in [-0.4, -0.2) is 42.9 Å². The van der Waals surface area contributed by atoms with Crippen molar-refractivity contribution in [3.63, 3.8) is 0 Å². The van der Waals surface area contributed by atoms with Gasteiger partial charge in [-0.25, -0.2) is 0 Å². The van der Waals surface area contributed by atoms with Crippen LogP contribution >= 0.6 is 0 Å². The third-order valence-electron chi connectivity index (χ3n) is 4.32. The predicted molar refractivity (Wildman–Crippen MR) is 70.3 cm³/mol. The van der Waals surface area contributed by atoms with E-state index in [1.807, 2.05) is 30.3 Å². The lowest BCUT2D eigenvalue weighted by Crippen LogP contribution is -2.30. The number of rotatable bonds is 3. The van der Waals surface area contributed by atoms with Gasteiger partial charge in [-0.2, -0.15) is 0 Å². The fourth-order valence-corrected chi connectivity index (χ4v) is 3.18. The Morgan fingerprint density at radius 1 is 1.28 bits per heavy atom. The molecule has 98 valence electrons. The van der Waals surface area contributed by atoms with Crippen molar-refractivity contribution in [2.45, 2.75) is 18.9 Å². The zero-order valence-electron chi connectivity index (χ0n) is 10.7. The Morgan fingerprint density at radius 3 is 2.83 bits per heavy atom. The van der Waals surface area contributed by atoms with Crippen LogP contribution in [0.3, 0.4) is 0 Å². The molecule has 3 nitrogen and oxygen atoms in total. The van der Waals surface area contributed by atoms with Crippen LogP contribution in [0.2, 0.25) is 0 Å². The number of hydrogen-bond donors (Lipinski definition) is 1. The molecule has 1 aromatic carbocycles. The zero-order chi connectivity index (χ0) is 12.4. The second-order valence-electron chi connectivity index (χ2n) is 5.71. The number of nitrogens with zero attached hydrogens (tertiary/aromatic N) is 1. The highest BCUT2D eigenvalue weighted by Gasteiger charge is 2.41. The van der Waals surface area contributed by atoms with Gasteiger partial charge in [0.15, 0.2) is 0 Å². The van der Waals surface area contributed by atoms with Crippen molar-refractivity contribution in [2.75, 3.05) is 32.8 Å². The first-order chi connectivity index (χ1) is 8.77. The van der Waals surface area contributed by atoms with Crippen LogP contribution in [0, 0.1) is 5.41 Å². The van der Waals surface area contributed by atoms with E-state index in [9.17, 15) is 5.11 Å². The molecule has 0 bridgehead atoms. The van der Waals surface area contributed by atoms with Crippen molar-refractivity contribution in [2.24, 2.45) is 5.41 Å². The molecule has 2 heterocycles. The van der Waals surface area contributed by atoms with Gasteiger partial charge in [0.2, 0.25) is 0 Å². The zero-order valence-corrected chi connectivity index (χ0v) is 10.7. The minimum atomic E-state index is -0.372. The van der Waals surface area contributed by atoms with Gasteiger partial charge in [-0.1, -0.05) is 30.3 Å². The third-order valence-corrected chi connectivity index (χ3v) is 4.32. The first-order valence-electron chi connectivity index (χ1n) is 6.81. The second-order valence-corrected chi connectivity index (χ2v) is 5.71. The largest absolute Gasteiger partial charge is 0.387 e. The van der Waals surface area contributed by atoms with Crippen molar-refractivity contribution >= 4 is 0 Å². The van der Waals surface area contributed by atoms with E-state index in [1.54, 1.807) is 0 Å². The van der Waals surface area contributed by atoms with Crippen LogP contribution < -0.4 is 0 Å². The smallest absolute Gasteiger partial charge is 0.0916 e. The molecule has 2 fully saturated rings. The van der Waals surface area contributed by atoms with E-state index in [4.69, 9.17) is 4.74 Å². The highest BCUT2D eigenvalue weighted by atomic mass is 16.5. The highest BCUT2D eigenvalue weighted by Crippen LogP contribution is 2.38. The van der Waals surface area contributed by atoms with Gasteiger partial charge in [0.05, 0.1) is 12.7 Å². The van der Waals surface area contributed by atoms with Crippen LogP contribution in [0.15, 0.2) is 30.3 Å². The molecular formula is C15H21NO2. The van der Waals surface area contributed by atoms with E-state index in [1.165, 1.54) is 12.8 Å². The Bertz CT molecular complexity index is 387. The molecule has 1 spiro atoms. The van der Waals surface area contributed by atoms with E-state index in [0.717, 1.165) is 38.4 Å². The molecule has 1 N–H and O–H groups in total. The number of ether oxygens (including phenoxy) is 1. The van der Waals surface area contributed by atoms with E-state index >= 15 is 0 Å². The van der Waals surface area contributed by atoms with Crippen molar-refractivity contribution in [1.82, 2.24) is 4.90 Å². The fourth-order valence-electron chi connectivity index (χ4n) is 3.18. The minimum Gasteiger partial charge on any atom is -0.387 e. The molecule has 2 aliphatic heterocycles. The Kier molecular flexibility index (Phi) is 3.37. The molecule has 3 heteroatoms. The molecular weight excluding hydrogens is 226 g/mol. The van der Waals surface area contributed by atoms with E-state index < -0.39 is 0 Å². The highest BCUT2D eigenvalue weighted by molar-refractivity contribution is 5.17. The average molecular weight is 247 g/mol. The number of benzene rings is 1. The molecule has 0 aromatic heterocycles. The van der Waals surface area contributed by atoms with Gasteiger partial charge in [0, 0.05) is 25.1 Å². The molecule has 2 aliphatic rings. The van der Waals surface area contributed by atoms with Gasteiger partial charge >= 0.3 is 0 Å². The monoisotopic (exact) mass is 247 g/mol. The van der Waals surface area contributed by atoms with Crippen LogP contribution in [-0.2, 0) is 4.74 Å². The van der Waals surface area contributed by atoms with E-state index in [-0.39, 0.29) is 6.10 Å². The SMILES string of the molecule is OC(CN1CCC2(CCOC2)C1)c1ccccc1. The van der Waals surface area contributed by atoms with Gasteiger partial charge in [-0.15, -0.1) is 0 Å². The topological polar surface area (TPSA) is 32.7 Å². The molecule has 2 unspecified atom stereocenters. The summed E-state index contributed by atoms with van der Waals surface area (Å²) in [4.78, 5) is 2.38. The molecule has 18 heavy (non-hydrogen) atoms. The maximum Gasteiger partial charge on any atom is 0.0916 e. The molecule has 0 amide bonds. The normalized spacial score (nSPS) is 30.1. The van der Waals surface area contributed by atoms with Crippen LogP contribution in [0.4, 0.5) is 0 Å². The summed E-state index contributed by atoms with van der Waals surface area (Å²) in [6.45, 7) is 4.73. The average Bonchev–Trinajstić information content (AvgIpc) is 3.02. The number of β-amino-alcohol motifs (C(OH)–C–C–N with tert-alkyl or cyclic N) is 1. The van der Waals surface area contributed by atoms with Crippen molar-refractivity contribution < 1.29 is 9.84 Å². The maximum absolute atomic E-state index is 10.2. The molecule has 3 rings (SSSR count). The Morgan fingerprint density at radius 2 is 2.11 bits per heavy atom. The summed E-state index contributed by atoms with van der Waals surface area (Å²) in [7, 11) is 0. The van der Waals surface area contributed by atoms with Crippen LogP contribution in [0.25, 0.3) is 0 Å². The number of aliphatic hydroxyl groups is 1. The van der Waals surface area contributed by atoms with Crippen LogP contribution in [0.1, 0.15) is 24.5 Å². The lowest BCUT2D eigenvalue weighted by atomic mass is 9.87. The Hall–Kier alpha value is -0.900. The Balaban J connectivity index is 1.58. The van der Waals surface area contributed by atoms with Gasteiger partial charge < -0.3 is 9.84 Å². The summed E-state index contributed by atoms with van der Waals surface area (Å²) < 4.78 is 5.53. The van der Waals surface area contributed by atoms with E-state index in [2.05, 4.69) is 4.90 Å². The maximum atomic E-state index is 10.2. The summed E-state index contributed by atoms with van der Waals surface area (Å²) in [6, 6.07) is 9.94. The van der Waals surface area contributed by atoms with Gasteiger partial charge in [-0.05, 0) is 24.9 Å². The summed E-state index contributed by atoms with van der Waals surface area (Å²) in [5.41, 5.74) is 1.40. The first-order valence-corrected chi connectivity index (χ1v) is 6.81. The molecule has 2 atom stereocenters. The summed E-state index contributed by atoms with van der Waals surface area (Å²) in [5, 5.41) is 10.2. The molecule has 0 saturated carbocycles. The van der Waals surface area contributed by atoms with Crippen molar-refractivity contribution in [3.05, 3.63) is 35.9 Å². The predicted octanol–water partition coefficient (Wildman–Crippen LogP) is 1.83. The minimum absolute atomic E-state index is 0.372. The summed E-state index contributed by atoms with van der Waals surface area (Å²) in [5.74, 6) is 0. The molecule has 0 radical (unpaired) electrons. The van der Waals surface area contributed by atoms with Gasteiger partial charge in [-0.3, -0.25) is 4.90 Å². The lowest BCUT2D eigenvalue weighted by molar-refractivity contribution is 0.112. The summed E-state index contributed by atoms with van der Waals surface area (Å²) >= 11 is 0. The standard InChI is InChI=1S/C15H21NO2/c17-14(13-4-2-1-3-5-13)10-16-8-6-15(11-16)7-9-18-12-15/h1-5,14,17H,6-12H2. The second kappa shape index (κ2) is 5.00. The van der Waals surface area contributed by atoms with Crippen molar-refractivity contribution in [1.29, 1.82) is 0 Å². The summed E-state index contributed by atoms with van der Waals surface area (Å²) in [6.07, 6.45) is 2.03.